The Morgan fingerprint density at radius 3 is 2.19 bits per heavy atom. The number of halogens is 4. The third-order valence-corrected chi connectivity index (χ3v) is 5.76. The fraction of sp³-hybridized carbons (Fsp3) is 0.800. The van der Waals surface area contributed by atoms with E-state index in [0.717, 1.165) is 4.68 Å². The summed E-state index contributed by atoms with van der Waals surface area (Å²) in [5, 5.41) is 6.63. The molecule has 0 saturated carbocycles. The van der Waals surface area contributed by atoms with Crippen molar-refractivity contribution in [2.24, 2.45) is 7.05 Å². The highest BCUT2D eigenvalue weighted by atomic mass is 79.9. The smallest absolute Gasteiger partial charge is 0.235 e. The van der Waals surface area contributed by atoms with Gasteiger partial charge in [0.1, 0.15) is 6.54 Å². The molecular formula is C10H16BrF3N4O2S. The van der Waals surface area contributed by atoms with Crippen LogP contribution in [0.4, 0.5) is 13.2 Å². The molecule has 0 fully saturated rings. The zero-order valence-corrected chi connectivity index (χ0v) is 14.1. The lowest BCUT2D eigenvalue weighted by atomic mass is 10.2. The predicted octanol–water partition coefficient (Wildman–Crippen LogP) is 2.32. The summed E-state index contributed by atoms with van der Waals surface area (Å²) in [4.78, 5) is 0. The van der Waals surface area contributed by atoms with Crippen LogP contribution < -0.4 is 0 Å². The summed E-state index contributed by atoms with van der Waals surface area (Å²) < 4.78 is 64.7. The van der Waals surface area contributed by atoms with Gasteiger partial charge in [-0.1, -0.05) is 19.1 Å². The number of hydrogen-bond acceptors (Lipinski definition) is 4. The van der Waals surface area contributed by atoms with Crippen molar-refractivity contribution in [1.29, 1.82) is 0 Å². The molecule has 1 rings (SSSR count). The van der Waals surface area contributed by atoms with Gasteiger partial charge in [0.15, 0.2) is 4.60 Å². The first-order valence-electron chi connectivity index (χ1n) is 6.18. The van der Waals surface area contributed by atoms with Crippen molar-refractivity contribution in [3.63, 3.8) is 0 Å². The quantitative estimate of drug-likeness (QED) is 0.744. The highest BCUT2D eigenvalue weighted by molar-refractivity contribution is 9.10. The Morgan fingerprint density at radius 2 is 1.86 bits per heavy atom. The first-order valence-corrected chi connectivity index (χ1v) is 8.41. The van der Waals surface area contributed by atoms with Gasteiger partial charge in [-0.25, -0.2) is 13.1 Å². The molecule has 0 amide bonds. The molecule has 122 valence electrons. The summed E-state index contributed by atoms with van der Waals surface area (Å²) >= 11 is 2.91. The Kier molecular flexibility index (Phi) is 5.78. The molecule has 0 aliphatic heterocycles. The van der Waals surface area contributed by atoms with E-state index in [0.29, 0.717) is 4.31 Å². The Labute approximate surface area is 129 Å². The second-order valence-corrected chi connectivity index (χ2v) is 7.00. The lowest BCUT2D eigenvalue weighted by Gasteiger charge is -2.30. The van der Waals surface area contributed by atoms with Gasteiger partial charge in [0.05, 0.1) is 0 Å². The van der Waals surface area contributed by atoms with Crippen LogP contribution in [0.15, 0.2) is 9.63 Å². The van der Waals surface area contributed by atoms with Gasteiger partial charge < -0.3 is 0 Å². The van der Waals surface area contributed by atoms with Gasteiger partial charge in [-0.15, -0.1) is 5.10 Å². The van der Waals surface area contributed by atoms with E-state index in [1.165, 1.54) is 7.05 Å². The maximum Gasteiger partial charge on any atom is 0.402 e. The zero-order valence-electron chi connectivity index (χ0n) is 11.7. The van der Waals surface area contributed by atoms with Crippen molar-refractivity contribution in [1.82, 2.24) is 19.3 Å². The fourth-order valence-corrected chi connectivity index (χ4v) is 4.79. The molecule has 21 heavy (non-hydrogen) atoms. The molecule has 0 saturated heterocycles. The van der Waals surface area contributed by atoms with E-state index in [2.05, 4.69) is 26.2 Å². The first-order chi connectivity index (χ1) is 9.54. The predicted molar refractivity (Wildman–Crippen MR) is 73.0 cm³/mol. The van der Waals surface area contributed by atoms with Crippen molar-refractivity contribution in [3.05, 3.63) is 4.60 Å². The largest absolute Gasteiger partial charge is 0.402 e. The summed E-state index contributed by atoms with van der Waals surface area (Å²) in [5.41, 5.74) is 0. The van der Waals surface area contributed by atoms with E-state index in [1.807, 2.05) is 0 Å². The van der Waals surface area contributed by atoms with Crippen LogP contribution in [0.2, 0.25) is 0 Å². The molecule has 1 heterocycles. The SMILES string of the molecule is CCC(CC)N(CC(F)(F)F)S(=O)(=O)c1c(Br)nnn1C. The minimum Gasteiger partial charge on any atom is -0.235 e. The minimum absolute atomic E-state index is 0.108. The third-order valence-electron chi connectivity index (χ3n) is 2.98. The van der Waals surface area contributed by atoms with E-state index >= 15 is 0 Å². The van der Waals surface area contributed by atoms with Gasteiger partial charge in [0, 0.05) is 13.1 Å². The molecule has 0 N–H and O–H groups in total. The molecule has 6 nitrogen and oxygen atoms in total. The average molecular weight is 393 g/mol. The van der Waals surface area contributed by atoms with E-state index in [-0.39, 0.29) is 17.4 Å². The lowest BCUT2D eigenvalue weighted by molar-refractivity contribution is -0.139. The Morgan fingerprint density at radius 1 is 1.33 bits per heavy atom. The molecule has 11 heteroatoms. The van der Waals surface area contributed by atoms with E-state index < -0.39 is 33.8 Å². The highest BCUT2D eigenvalue weighted by Gasteiger charge is 2.42. The van der Waals surface area contributed by atoms with Gasteiger partial charge in [-0.3, -0.25) is 0 Å². The summed E-state index contributed by atoms with van der Waals surface area (Å²) in [6.45, 7) is 1.74. The van der Waals surface area contributed by atoms with Crippen LogP contribution in [0, 0.1) is 0 Å². The molecule has 0 spiro atoms. The van der Waals surface area contributed by atoms with Crippen molar-refractivity contribution < 1.29 is 21.6 Å². The molecule has 0 unspecified atom stereocenters. The van der Waals surface area contributed by atoms with Crippen molar-refractivity contribution in [2.75, 3.05) is 6.54 Å². The van der Waals surface area contributed by atoms with Gasteiger partial charge in [-0.05, 0) is 28.8 Å². The standard InChI is InChI=1S/C10H16BrF3N4O2S/c1-4-7(5-2)18(6-10(12,13)14)21(19,20)9-8(11)15-16-17(9)3/h7H,4-6H2,1-3H3. The van der Waals surface area contributed by atoms with Crippen LogP contribution in [-0.2, 0) is 17.1 Å². The summed E-state index contributed by atoms with van der Waals surface area (Å²) in [5.74, 6) is 0. The summed E-state index contributed by atoms with van der Waals surface area (Å²) in [7, 11) is -3.06. The number of aromatic nitrogens is 3. The van der Waals surface area contributed by atoms with Crippen LogP contribution in [0.25, 0.3) is 0 Å². The third kappa shape index (κ3) is 4.16. The van der Waals surface area contributed by atoms with E-state index in [1.54, 1.807) is 13.8 Å². The van der Waals surface area contributed by atoms with Crippen molar-refractivity contribution in [3.8, 4) is 0 Å². The van der Waals surface area contributed by atoms with Crippen LogP contribution in [0.1, 0.15) is 26.7 Å². The van der Waals surface area contributed by atoms with Crippen LogP contribution in [0.5, 0.6) is 0 Å². The molecule has 0 aromatic carbocycles. The molecule has 0 aliphatic rings. The zero-order chi connectivity index (χ0) is 16.4. The molecule has 0 aliphatic carbocycles. The first kappa shape index (κ1) is 18.4. The van der Waals surface area contributed by atoms with E-state index in [9.17, 15) is 21.6 Å². The number of aryl methyl sites for hydroxylation is 1. The number of sulfonamides is 1. The van der Waals surface area contributed by atoms with Crippen LogP contribution in [0.3, 0.4) is 0 Å². The topological polar surface area (TPSA) is 68.1 Å². The van der Waals surface area contributed by atoms with Gasteiger partial charge >= 0.3 is 6.18 Å². The van der Waals surface area contributed by atoms with Crippen molar-refractivity contribution >= 4 is 26.0 Å². The number of alkyl halides is 3. The molecule has 0 bridgehead atoms. The molecule has 1 aromatic heterocycles. The Balaban J connectivity index is 3.37. The number of rotatable bonds is 6. The molecular weight excluding hydrogens is 377 g/mol. The van der Waals surface area contributed by atoms with Crippen LogP contribution >= 0.6 is 15.9 Å². The Bertz CT molecular complexity index is 564. The Hall–Kier alpha value is -0.680. The summed E-state index contributed by atoms with van der Waals surface area (Å²) in [6, 6.07) is -0.751. The second kappa shape index (κ2) is 6.61. The molecule has 0 radical (unpaired) electrons. The maximum atomic E-state index is 12.8. The minimum atomic E-state index is -4.63. The maximum absolute atomic E-state index is 12.8. The lowest BCUT2D eigenvalue weighted by Crippen LogP contribution is -2.45. The van der Waals surface area contributed by atoms with Gasteiger partial charge in [0.25, 0.3) is 10.0 Å². The van der Waals surface area contributed by atoms with Crippen molar-refractivity contribution in [2.45, 2.75) is 43.9 Å². The normalized spacial score (nSPS) is 13.4. The van der Waals surface area contributed by atoms with Gasteiger partial charge in [-0.2, -0.15) is 17.5 Å². The summed E-state index contributed by atoms with van der Waals surface area (Å²) in [6.07, 6.45) is -4.09. The highest BCUT2D eigenvalue weighted by Crippen LogP contribution is 2.29. The van der Waals surface area contributed by atoms with Crippen LogP contribution in [-0.4, -0.2) is 46.5 Å². The molecule has 1 aromatic rings. The number of nitrogens with zero attached hydrogens (tertiary/aromatic N) is 4. The second-order valence-electron chi connectivity index (χ2n) is 4.44. The van der Waals surface area contributed by atoms with Gasteiger partial charge in [0.2, 0.25) is 5.03 Å². The average Bonchev–Trinajstić information content (AvgIpc) is 2.68. The fourth-order valence-electron chi connectivity index (χ4n) is 1.99. The van der Waals surface area contributed by atoms with E-state index in [4.69, 9.17) is 0 Å². The number of hydrogen-bond donors (Lipinski definition) is 0. The molecule has 0 atom stereocenters. The monoisotopic (exact) mass is 392 g/mol.